The van der Waals surface area contributed by atoms with E-state index in [1.54, 1.807) is 19.2 Å². The van der Waals surface area contributed by atoms with Gasteiger partial charge in [-0.3, -0.25) is 4.79 Å². The van der Waals surface area contributed by atoms with E-state index in [1.807, 2.05) is 29.2 Å². The smallest absolute Gasteiger partial charge is 0.233 e. The lowest BCUT2D eigenvalue weighted by Crippen LogP contribution is -2.32. The number of methoxy groups -OCH3 is 2. The topological polar surface area (TPSA) is 73.8 Å². The number of ether oxygens (including phenoxy) is 3. The fourth-order valence-electron chi connectivity index (χ4n) is 2.77. The average Bonchev–Trinajstić information content (AvgIpc) is 3.11. The summed E-state index contributed by atoms with van der Waals surface area (Å²) in [5.41, 5.74) is 0.940. The van der Waals surface area contributed by atoms with Crippen molar-refractivity contribution in [3.63, 3.8) is 0 Å². The summed E-state index contributed by atoms with van der Waals surface area (Å²) in [4.78, 5) is 14.3. The number of carbonyl (C=O) groups excluding carboxylic acids is 1. The van der Waals surface area contributed by atoms with Crippen LogP contribution in [0.15, 0.2) is 36.4 Å². The molecule has 2 aromatic rings. The molecule has 1 aromatic heterocycles. The highest BCUT2D eigenvalue weighted by Gasteiger charge is 2.28. The highest BCUT2D eigenvalue weighted by Crippen LogP contribution is 2.19. The number of benzene rings is 1. The number of carbonyl (C=O) groups is 1. The van der Waals surface area contributed by atoms with Gasteiger partial charge in [-0.25, -0.2) is 0 Å². The van der Waals surface area contributed by atoms with Crippen LogP contribution in [0.25, 0.3) is 0 Å². The van der Waals surface area contributed by atoms with Gasteiger partial charge in [0.15, 0.2) is 0 Å². The van der Waals surface area contributed by atoms with Crippen LogP contribution in [0.2, 0.25) is 0 Å². The van der Waals surface area contributed by atoms with Crippen LogP contribution in [0.3, 0.4) is 0 Å². The molecule has 132 valence electrons. The van der Waals surface area contributed by atoms with Crippen LogP contribution in [0.5, 0.6) is 17.5 Å². The maximum absolute atomic E-state index is 12.5. The van der Waals surface area contributed by atoms with Gasteiger partial charge < -0.3 is 19.1 Å². The summed E-state index contributed by atoms with van der Waals surface area (Å²) in [5.74, 6) is 1.72. The van der Waals surface area contributed by atoms with Crippen LogP contribution in [-0.2, 0) is 11.2 Å². The van der Waals surface area contributed by atoms with E-state index in [0.29, 0.717) is 31.3 Å². The summed E-state index contributed by atoms with van der Waals surface area (Å²) in [6, 6.07) is 11.0. The Morgan fingerprint density at radius 1 is 1.16 bits per heavy atom. The number of amides is 1. The van der Waals surface area contributed by atoms with E-state index in [4.69, 9.17) is 14.2 Å². The van der Waals surface area contributed by atoms with Crippen molar-refractivity contribution in [2.45, 2.75) is 18.9 Å². The summed E-state index contributed by atoms with van der Waals surface area (Å²) < 4.78 is 16.0. The number of hydrogen-bond donors (Lipinski definition) is 0. The normalized spacial score (nSPS) is 16.6. The van der Waals surface area contributed by atoms with Crippen molar-refractivity contribution >= 4 is 5.91 Å². The number of likely N-dealkylation sites (tertiary alicyclic amines) is 1. The molecule has 0 unspecified atom stereocenters. The van der Waals surface area contributed by atoms with Crippen molar-refractivity contribution < 1.29 is 19.0 Å². The molecule has 0 aliphatic carbocycles. The largest absolute Gasteiger partial charge is 0.497 e. The van der Waals surface area contributed by atoms with Crippen molar-refractivity contribution in [1.29, 1.82) is 0 Å². The number of aromatic nitrogens is 2. The lowest BCUT2D eigenvalue weighted by molar-refractivity contribution is -0.129. The molecule has 1 amide bonds. The van der Waals surface area contributed by atoms with Crippen molar-refractivity contribution in [3.05, 3.63) is 42.0 Å². The van der Waals surface area contributed by atoms with Gasteiger partial charge in [0.05, 0.1) is 27.2 Å². The first kappa shape index (κ1) is 17.0. The molecule has 0 spiro atoms. The van der Waals surface area contributed by atoms with Gasteiger partial charge in [0.2, 0.25) is 17.7 Å². The maximum atomic E-state index is 12.5. The molecule has 3 rings (SSSR count). The molecule has 1 fully saturated rings. The SMILES string of the molecule is COc1cccc(CC(=O)N2CC[C@H](Oc3ccc(OC)nn3)C2)c1. The van der Waals surface area contributed by atoms with Crippen LogP contribution in [-0.4, -0.2) is 54.4 Å². The van der Waals surface area contributed by atoms with Crippen LogP contribution in [0.4, 0.5) is 0 Å². The minimum atomic E-state index is -0.0723. The van der Waals surface area contributed by atoms with Gasteiger partial charge in [-0.2, -0.15) is 0 Å². The Hall–Kier alpha value is -2.83. The third-order valence-corrected chi connectivity index (χ3v) is 4.10. The Balaban J connectivity index is 1.53. The van der Waals surface area contributed by atoms with E-state index < -0.39 is 0 Å². The third-order valence-electron chi connectivity index (χ3n) is 4.10. The Kier molecular flexibility index (Phi) is 5.33. The molecule has 1 atom stereocenters. The Bertz CT molecular complexity index is 721. The standard InChI is InChI=1S/C18H21N3O4/c1-23-14-5-3-4-13(10-14)11-18(22)21-9-8-15(12-21)25-17-7-6-16(24-2)19-20-17/h3-7,10,15H,8-9,11-12H2,1-2H3/t15-/m0/s1. The number of hydrogen-bond acceptors (Lipinski definition) is 6. The van der Waals surface area contributed by atoms with Gasteiger partial charge in [-0.05, 0) is 17.7 Å². The summed E-state index contributed by atoms with van der Waals surface area (Å²) >= 11 is 0. The first-order valence-electron chi connectivity index (χ1n) is 8.13. The first-order chi connectivity index (χ1) is 12.2. The lowest BCUT2D eigenvalue weighted by atomic mass is 10.1. The molecule has 1 aliphatic rings. The zero-order valence-electron chi connectivity index (χ0n) is 14.3. The van der Waals surface area contributed by atoms with Crippen molar-refractivity contribution in [3.8, 4) is 17.5 Å². The van der Waals surface area contributed by atoms with E-state index in [1.165, 1.54) is 7.11 Å². The molecule has 2 heterocycles. The second kappa shape index (κ2) is 7.83. The highest BCUT2D eigenvalue weighted by atomic mass is 16.5. The Labute approximate surface area is 146 Å². The molecule has 1 aromatic carbocycles. The molecular formula is C18H21N3O4. The summed E-state index contributed by atoms with van der Waals surface area (Å²) in [7, 11) is 3.15. The molecule has 0 radical (unpaired) electrons. The van der Waals surface area contributed by atoms with Gasteiger partial charge in [0, 0.05) is 25.1 Å². The van der Waals surface area contributed by atoms with Crippen molar-refractivity contribution in [2.24, 2.45) is 0 Å². The van der Waals surface area contributed by atoms with Crippen molar-refractivity contribution in [2.75, 3.05) is 27.3 Å². The molecule has 25 heavy (non-hydrogen) atoms. The second-order valence-electron chi connectivity index (χ2n) is 5.81. The highest BCUT2D eigenvalue weighted by molar-refractivity contribution is 5.79. The minimum absolute atomic E-state index is 0.0723. The predicted octanol–water partition coefficient (Wildman–Crippen LogP) is 1.72. The molecule has 7 heteroatoms. The van der Waals surface area contributed by atoms with E-state index in [-0.39, 0.29) is 12.0 Å². The van der Waals surface area contributed by atoms with E-state index in [0.717, 1.165) is 17.7 Å². The van der Waals surface area contributed by atoms with E-state index in [9.17, 15) is 4.79 Å². The first-order valence-corrected chi connectivity index (χ1v) is 8.13. The molecule has 0 saturated carbocycles. The average molecular weight is 343 g/mol. The predicted molar refractivity (Wildman–Crippen MR) is 90.9 cm³/mol. The van der Waals surface area contributed by atoms with E-state index in [2.05, 4.69) is 10.2 Å². The summed E-state index contributed by atoms with van der Waals surface area (Å²) in [5, 5.41) is 7.83. The van der Waals surface area contributed by atoms with Crippen LogP contribution in [0, 0.1) is 0 Å². The molecule has 1 aliphatic heterocycles. The van der Waals surface area contributed by atoms with Gasteiger partial charge in [0.25, 0.3) is 0 Å². The van der Waals surface area contributed by atoms with Gasteiger partial charge in [-0.1, -0.05) is 12.1 Å². The van der Waals surface area contributed by atoms with Crippen molar-refractivity contribution in [1.82, 2.24) is 15.1 Å². The fourth-order valence-corrected chi connectivity index (χ4v) is 2.77. The third kappa shape index (κ3) is 4.37. The van der Waals surface area contributed by atoms with Crippen LogP contribution < -0.4 is 14.2 Å². The Morgan fingerprint density at radius 3 is 2.68 bits per heavy atom. The molecule has 7 nitrogen and oxygen atoms in total. The summed E-state index contributed by atoms with van der Waals surface area (Å²) in [6.45, 7) is 1.23. The molecule has 1 saturated heterocycles. The fraction of sp³-hybridized carbons (Fsp3) is 0.389. The van der Waals surface area contributed by atoms with Gasteiger partial charge >= 0.3 is 0 Å². The molecular weight excluding hydrogens is 322 g/mol. The monoisotopic (exact) mass is 343 g/mol. The number of nitrogens with zero attached hydrogens (tertiary/aromatic N) is 3. The van der Waals surface area contributed by atoms with Crippen LogP contribution >= 0.6 is 0 Å². The zero-order valence-corrected chi connectivity index (χ0v) is 14.3. The van der Waals surface area contributed by atoms with Gasteiger partial charge in [0.1, 0.15) is 11.9 Å². The quantitative estimate of drug-likeness (QED) is 0.795. The van der Waals surface area contributed by atoms with E-state index >= 15 is 0 Å². The zero-order chi connectivity index (χ0) is 17.6. The minimum Gasteiger partial charge on any atom is -0.497 e. The Morgan fingerprint density at radius 2 is 1.96 bits per heavy atom. The number of rotatable bonds is 6. The molecule has 0 N–H and O–H groups in total. The maximum Gasteiger partial charge on any atom is 0.233 e. The summed E-state index contributed by atoms with van der Waals surface area (Å²) in [6.07, 6.45) is 1.06. The van der Waals surface area contributed by atoms with Gasteiger partial charge in [-0.15, -0.1) is 10.2 Å². The lowest BCUT2D eigenvalue weighted by Gasteiger charge is -2.17. The molecule has 0 bridgehead atoms. The second-order valence-corrected chi connectivity index (χ2v) is 5.81. The van der Waals surface area contributed by atoms with Crippen LogP contribution in [0.1, 0.15) is 12.0 Å².